The van der Waals surface area contributed by atoms with Gasteiger partial charge in [0.2, 0.25) is 5.91 Å². The number of unbranched alkanes of at least 4 members (excludes halogenated alkanes) is 14. The fourth-order valence-electron chi connectivity index (χ4n) is 8.63. The second kappa shape index (κ2) is 23.9. The quantitative estimate of drug-likeness (QED) is 0.0916. The van der Waals surface area contributed by atoms with Crippen LogP contribution in [0.5, 0.6) is 5.75 Å². The van der Waals surface area contributed by atoms with Crippen LogP contribution in [0.1, 0.15) is 149 Å². The first kappa shape index (κ1) is 48.7. The van der Waals surface area contributed by atoms with Crippen molar-refractivity contribution in [1.82, 2.24) is 5.32 Å². The van der Waals surface area contributed by atoms with Gasteiger partial charge in [-0.3, -0.25) is 14.9 Å². The number of halogens is 1. The average molecular weight is 846 g/mol. The van der Waals surface area contributed by atoms with E-state index < -0.39 is 47.8 Å². The fraction of sp³-hybridized carbons (Fsp3) is 0.723. The molecule has 2 saturated heterocycles. The fourth-order valence-corrected chi connectivity index (χ4v) is 8.94. The minimum Gasteiger partial charge on any atom is -0.495 e. The van der Waals surface area contributed by atoms with Gasteiger partial charge in [-0.1, -0.05) is 139 Å². The first-order chi connectivity index (χ1) is 28.3. The van der Waals surface area contributed by atoms with Crippen LogP contribution in [0.15, 0.2) is 35.9 Å². The highest BCUT2D eigenvalue weighted by atomic mass is 35.5. The Morgan fingerprint density at radius 2 is 1.59 bits per heavy atom. The number of nitrogens with zero attached hydrogens (tertiary/aromatic N) is 1. The average Bonchev–Trinajstić information content (AvgIpc) is 3.90. The molecule has 0 aliphatic carbocycles. The van der Waals surface area contributed by atoms with E-state index in [1.165, 1.54) is 96.2 Å². The molecular weight excluding hydrogens is 772 g/mol. The Bertz CT molecular complexity index is 1580. The summed E-state index contributed by atoms with van der Waals surface area (Å²) in [5, 5.41) is 14.6. The summed E-state index contributed by atoms with van der Waals surface area (Å²) < 4.78 is 29.7. The Morgan fingerprint density at radius 1 is 0.983 bits per heavy atom. The highest BCUT2D eigenvalue weighted by Crippen LogP contribution is 2.49. The van der Waals surface area contributed by atoms with E-state index in [4.69, 9.17) is 35.3 Å². The standard InChI is InChI=1S/C47H73ClN2O9/c1-8-9-10-11-12-13-14-15-16-17-18-19-20-21-22-25-36(51)32-57-41-30-42(52)50(5)37-28-35(29-38(55-6)43(37)48)27-33(2)24-23-26-40(56-7)47(54)31-39(58-45(53)49-47)34(3)44-46(41,4)59-44/h23-24,26,28-29,34,39-41,44,54H,8-22,25,27,30-32H2,1-7H3,(H,49,53)/b26-23+,33-24+. The number of ketones is 1. The van der Waals surface area contributed by atoms with E-state index >= 15 is 0 Å². The molecule has 1 aromatic carbocycles. The first-order valence-electron chi connectivity index (χ1n) is 22.3. The number of nitrogens with one attached hydrogen (secondary N) is 1. The topological polar surface area (TPSA) is 136 Å². The van der Waals surface area contributed by atoms with Crippen molar-refractivity contribution >= 4 is 35.1 Å². The van der Waals surface area contributed by atoms with Gasteiger partial charge in [0, 0.05) is 32.9 Å². The predicted octanol–water partition coefficient (Wildman–Crippen LogP) is 9.97. The van der Waals surface area contributed by atoms with Crippen LogP contribution in [-0.2, 0) is 35.0 Å². The van der Waals surface area contributed by atoms with Crippen LogP contribution in [0.2, 0.25) is 5.02 Å². The summed E-state index contributed by atoms with van der Waals surface area (Å²) in [6.45, 7) is 7.81. The molecule has 2 fully saturated rings. The number of hydrogen-bond donors (Lipinski definition) is 2. The molecule has 0 saturated carbocycles. The predicted molar refractivity (Wildman–Crippen MR) is 233 cm³/mol. The highest BCUT2D eigenvalue weighted by molar-refractivity contribution is 6.35. The van der Waals surface area contributed by atoms with Crippen molar-refractivity contribution in [3.8, 4) is 5.75 Å². The number of ether oxygens (including phenoxy) is 5. The van der Waals surface area contributed by atoms with E-state index in [2.05, 4.69) is 12.2 Å². The van der Waals surface area contributed by atoms with Crippen molar-refractivity contribution in [1.29, 1.82) is 0 Å². The summed E-state index contributed by atoms with van der Waals surface area (Å²) in [7, 11) is 4.67. The molecule has 4 bridgehead atoms. The second-order valence-corrected chi connectivity index (χ2v) is 17.7. The highest BCUT2D eigenvalue weighted by Gasteiger charge is 2.63. The van der Waals surface area contributed by atoms with E-state index in [1.807, 2.05) is 39.0 Å². The minimum atomic E-state index is -1.76. The lowest BCUT2D eigenvalue weighted by Gasteiger charge is -2.42. The van der Waals surface area contributed by atoms with Gasteiger partial charge < -0.3 is 33.7 Å². The van der Waals surface area contributed by atoms with Gasteiger partial charge >= 0.3 is 6.09 Å². The van der Waals surface area contributed by atoms with Gasteiger partial charge in [0.05, 0.1) is 31.4 Å². The zero-order valence-corrected chi connectivity index (χ0v) is 37.7. The Morgan fingerprint density at radius 3 is 2.19 bits per heavy atom. The Balaban J connectivity index is 1.41. The van der Waals surface area contributed by atoms with Crippen molar-refractivity contribution in [3.63, 3.8) is 0 Å². The lowest BCUT2D eigenvalue weighted by molar-refractivity contribution is -0.142. The molecule has 0 aromatic heterocycles. The molecule has 12 heteroatoms. The zero-order chi connectivity index (χ0) is 43.0. The molecule has 3 aliphatic rings. The third kappa shape index (κ3) is 14.3. The molecule has 11 nitrogen and oxygen atoms in total. The number of aliphatic hydroxyl groups is 1. The molecule has 2 N–H and O–H groups in total. The van der Waals surface area contributed by atoms with Gasteiger partial charge in [0.1, 0.15) is 35.2 Å². The lowest BCUT2D eigenvalue weighted by Crippen LogP contribution is -2.63. The molecule has 3 aliphatic heterocycles. The summed E-state index contributed by atoms with van der Waals surface area (Å²) >= 11 is 6.80. The summed E-state index contributed by atoms with van der Waals surface area (Å²) in [6.07, 6.45) is 21.3. The number of benzene rings is 1. The maximum Gasteiger partial charge on any atom is 0.409 e. The molecule has 59 heavy (non-hydrogen) atoms. The Kier molecular flexibility index (Phi) is 19.7. The third-order valence-electron chi connectivity index (χ3n) is 12.5. The van der Waals surface area contributed by atoms with Gasteiger partial charge in [-0.05, 0) is 44.4 Å². The Hall–Kier alpha value is -2.96. The summed E-state index contributed by atoms with van der Waals surface area (Å²) in [5.74, 6) is -0.285. The van der Waals surface area contributed by atoms with Crippen molar-refractivity contribution in [2.75, 3.05) is 32.8 Å². The molecule has 2 amide bonds. The van der Waals surface area contributed by atoms with Crippen LogP contribution >= 0.6 is 11.6 Å². The van der Waals surface area contributed by atoms with E-state index in [1.54, 1.807) is 19.2 Å². The summed E-state index contributed by atoms with van der Waals surface area (Å²) in [6, 6.07) is 3.71. The van der Waals surface area contributed by atoms with Gasteiger partial charge in [-0.2, -0.15) is 0 Å². The number of allylic oxidation sites excluding steroid dienone is 3. The van der Waals surface area contributed by atoms with Gasteiger partial charge in [-0.15, -0.1) is 0 Å². The summed E-state index contributed by atoms with van der Waals surface area (Å²) in [4.78, 5) is 41.7. The molecule has 0 radical (unpaired) electrons. The molecule has 332 valence electrons. The maximum absolute atomic E-state index is 14.1. The normalized spacial score (nSPS) is 28.9. The molecule has 4 rings (SSSR count). The largest absolute Gasteiger partial charge is 0.495 e. The number of epoxide rings is 1. The molecule has 0 spiro atoms. The van der Waals surface area contributed by atoms with Crippen LogP contribution < -0.4 is 15.0 Å². The number of carbonyl (C=O) groups is 3. The van der Waals surface area contributed by atoms with Crippen molar-refractivity contribution in [2.24, 2.45) is 5.92 Å². The second-order valence-electron chi connectivity index (χ2n) is 17.3. The number of hydrogen-bond acceptors (Lipinski definition) is 9. The third-order valence-corrected chi connectivity index (χ3v) is 12.8. The monoisotopic (exact) mass is 845 g/mol. The van der Waals surface area contributed by atoms with Crippen LogP contribution in [0, 0.1) is 5.92 Å². The van der Waals surface area contributed by atoms with Gasteiger partial charge in [0.25, 0.3) is 0 Å². The molecular formula is C47H73ClN2O9. The van der Waals surface area contributed by atoms with Gasteiger partial charge in [0.15, 0.2) is 11.5 Å². The van der Waals surface area contributed by atoms with E-state index in [-0.39, 0.29) is 31.1 Å². The lowest BCUT2D eigenvalue weighted by atomic mass is 9.83. The van der Waals surface area contributed by atoms with Crippen LogP contribution in [0.25, 0.3) is 0 Å². The number of anilines is 1. The number of alkyl carbamates (subject to hydrolysis) is 1. The number of methoxy groups -OCH3 is 2. The number of amides is 2. The number of rotatable bonds is 21. The molecule has 1 aromatic rings. The minimum absolute atomic E-state index is 0.0233. The van der Waals surface area contributed by atoms with Crippen LogP contribution in [0.3, 0.4) is 0 Å². The Labute approximate surface area is 358 Å². The number of Topliss-reactive ketones (excluding diaryl/α,β-unsaturated/α-hetero) is 1. The van der Waals surface area contributed by atoms with E-state index in [9.17, 15) is 19.5 Å². The van der Waals surface area contributed by atoms with E-state index in [0.717, 1.165) is 30.4 Å². The zero-order valence-electron chi connectivity index (χ0n) is 37.0. The van der Waals surface area contributed by atoms with Crippen LogP contribution in [0.4, 0.5) is 10.5 Å². The number of carbonyl (C=O) groups excluding carboxylic acids is 3. The molecule has 3 heterocycles. The molecule has 7 atom stereocenters. The van der Waals surface area contributed by atoms with Crippen molar-refractivity contribution in [2.45, 2.75) is 185 Å². The summed E-state index contributed by atoms with van der Waals surface area (Å²) in [5.41, 5.74) is -0.433. The first-order valence-corrected chi connectivity index (χ1v) is 22.7. The van der Waals surface area contributed by atoms with Crippen molar-refractivity contribution < 1.29 is 43.2 Å². The van der Waals surface area contributed by atoms with Crippen LogP contribution in [-0.4, -0.2) is 86.5 Å². The number of fused-ring (bicyclic) bond motifs is 5. The molecule has 7 unspecified atom stereocenters. The SMILES string of the molecule is CCCCCCCCCCCCCCCCCC(=O)COC1CC(=O)N(C)c2cc(cc(OC)c2Cl)C/C(C)=C/C=C/C(OC)C2(O)CC(OC(=O)N2)C(C)C2OC12C. The van der Waals surface area contributed by atoms with Gasteiger partial charge in [-0.25, -0.2) is 4.79 Å². The smallest absolute Gasteiger partial charge is 0.409 e. The van der Waals surface area contributed by atoms with Crippen molar-refractivity contribution in [3.05, 3.63) is 46.5 Å². The van der Waals surface area contributed by atoms with E-state index in [0.29, 0.717) is 29.3 Å². The maximum atomic E-state index is 14.1.